The number of imide groups is 1. The lowest BCUT2D eigenvalue weighted by Crippen LogP contribution is -2.63. The number of amides is 3. The Kier molecular flexibility index (Phi) is 6.62. The molecule has 0 radical (unpaired) electrons. The highest BCUT2D eigenvalue weighted by atomic mass is 35.5. The zero-order valence-electron chi connectivity index (χ0n) is 17.6. The van der Waals surface area contributed by atoms with Gasteiger partial charge in [0.05, 0.1) is 24.7 Å². The summed E-state index contributed by atoms with van der Waals surface area (Å²) in [4.78, 5) is 34.1. The molecule has 2 aliphatic rings. The van der Waals surface area contributed by atoms with Gasteiger partial charge in [0.25, 0.3) is 5.91 Å². The van der Waals surface area contributed by atoms with Crippen LogP contribution in [0.3, 0.4) is 0 Å². The van der Waals surface area contributed by atoms with E-state index in [4.69, 9.17) is 16.3 Å². The average molecular weight is 437 g/mol. The molecule has 1 saturated heterocycles. The monoisotopic (exact) mass is 436 g/mol. The fourth-order valence-electron chi connectivity index (χ4n) is 3.56. The second-order valence-electron chi connectivity index (χ2n) is 7.13. The maximum Gasteiger partial charge on any atom is 0.392 e. The van der Waals surface area contributed by atoms with Crippen LogP contribution in [0.15, 0.2) is 29.3 Å². The number of benzene rings is 1. The number of urea groups is 1. The summed E-state index contributed by atoms with van der Waals surface area (Å²) in [6, 6.07) is 5.81. The molecule has 0 bridgehead atoms. The van der Waals surface area contributed by atoms with Crippen molar-refractivity contribution in [2.75, 3.05) is 40.3 Å². The average Bonchev–Trinajstić information content (AvgIpc) is 3.10. The number of guanidine groups is 1. The van der Waals surface area contributed by atoms with Gasteiger partial charge in [0, 0.05) is 14.1 Å². The number of likely N-dealkylation sites (N-methyl/N-ethyl adjacent to an activating group) is 2. The normalized spacial score (nSPS) is 19.8. The lowest BCUT2D eigenvalue weighted by atomic mass is 10.1. The van der Waals surface area contributed by atoms with Crippen molar-refractivity contribution in [3.8, 4) is 5.75 Å². The van der Waals surface area contributed by atoms with E-state index in [9.17, 15) is 14.7 Å². The van der Waals surface area contributed by atoms with Gasteiger partial charge in [0.2, 0.25) is 11.9 Å². The number of nitrogens with zero attached hydrogens (tertiary/aromatic N) is 5. The summed E-state index contributed by atoms with van der Waals surface area (Å²) in [5.41, 5.74) is 0. The number of fused-ring (bicyclic) bond motifs is 1. The number of carbonyl (C=O) groups excluding carboxylic acids is 2. The van der Waals surface area contributed by atoms with Gasteiger partial charge in [-0.2, -0.15) is 0 Å². The van der Waals surface area contributed by atoms with E-state index in [-0.39, 0.29) is 19.1 Å². The number of halogens is 1. The molecule has 3 rings (SSSR count). The van der Waals surface area contributed by atoms with Crippen LogP contribution in [-0.2, 0) is 4.79 Å². The smallest absolute Gasteiger partial charge is 0.392 e. The molecular formula is C20H27ClN5O4+. The number of β-amino-alcohol motifs (C(OH)–C–C–N with tert-alkyl or cyclic N) is 1. The van der Waals surface area contributed by atoms with E-state index in [1.165, 1.54) is 11.9 Å². The Hall–Kier alpha value is -2.65. The van der Waals surface area contributed by atoms with E-state index in [2.05, 4.69) is 4.99 Å². The molecule has 1 aromatic rings. The Morgan fingerprint density at radius 2 is 1.87 bits per heavy atom. The van der Waals surface area contributed by atoms with E-state index < -0.39 is 18.2 Å². The fourth-order valence-corrected chi connectivity index (χ4v) is 3.75. The summed E-state index contributed by atoms with van der Waals surface area (Å²) in [5.74, 6) is 1.02. The first-order valence-corrected chi connectivity index (χ1v) is 10.3. The number of rotatable bonds is 7. The third-order valence-electron chi connectivity index (χ3n) is 5.23. The number of para-hydroxylation sites is 1. The molecular weight excluding hydrogens is 410 g/mol. The molecule has 2 atom stereocenters. The first kappa shape index (κ1) is 22.0. The van der Waals surface area contributed by atoms with Crippen molar-refractivity contribution >= 4 is 35.3 Å². The first-order chi connectivity index (χ1) is 14.3. The van der Waals surface area contributed by atoms with E-state index in [0.29, 0.717) is 35.7 Å². The van der Waals surface area contributed by atoms with Gasteiger partial charge in [-0.05, 0) is 26.0 Å². The molecule has 1 aromatic carbocycles. The fraction of sp³-hybridized carbons (Fsp3) is 0.500. The highest BCUT2D eigenvalue weighted by Crippen LogP contribution is 2.25. The Labute approximate surface area is 180 Å². The van der Waals surface area contributed by atoms with Crippen molar-refractivity contribution in [1.29, 1.82) is 0 Å². The zero-order chi connectivity index (χ0) is 22.0. The van der Waals surface area contributed by atoms with Gasteiger partial charge < -0.3 is 9.84 Å². The molecule has 2 unspecified atom stereocenters. The molecule has 162 valence electrons. The second kappa shape index (κ2) is 9.01. The molecule has 0 aromatic heterocycles. The lowest BCUT2D eigenvalue weighted by molar-refractivity contribution is -0.526. The van der Waals surface area contributed by atoms with Gasteiger partial charge in [0.1, 0.15) is 18.5 Å². The number of aliphatic hydroxyl groups is 1. The Bertz CT molecular complexity index is 897. The minimum absolute atomic E-state index is 0.00733. The summed E-state index contributed by atoms with van der Waals surface area (Å²) in [5, 5.41) is 11.1. The number of aliphatic hydroxyl groups excluding tert-OH is 1. The number of hydrogen-bond acceptors (Lipinski definition) is 4. The molecule has 1 N–H and O–H groups in total. The van der Waals surface area contributed by atoms with Crippen molar-refractivity contribution in [3.63, 3.8) is 0 Å². The third kappa shape index (κ3) is 3.99. The van der Waals surface area contributed by atoms with Crippen LogP contribution in [0.25, 0.3) is 0 Å². The molecule has 0 aliphatic carbocycles. The molecule has 1 fully saturated rings. The summed E-state index contributed by atoms with van der Waals surface area (Å²) in [7, 11) is 3.04. The van der Waals surface area contributed by atoms with Crippen LogP contribution in [0.2, 0.25) is 5.02 Å². The molecule has 2 aliphatic heterocycles. The first-order valence-electron chi connectivity index (χ1n) is 9.87. The van der Waals surface area contributed by atoms with Crippen molar-refractivity contribution in [1.82, 2.24) is 14.7 Å². The van der Waals surface area contributed by atoms with E-state index >= 15 is 0 Å². The van der Waals surface area contributed by atoms with E-state index in [0.717, 1.165) is 4.90 Å². The van der Waals surface area contributed by atoms with Crippen LogP contribution in [0.4, 0.5) is 4.79 Å². The molecule has 0 spiro atoms. The predicted molar refractivity (Wildman–Crippen MR) is 113 cm³/mol. The van der Waals surface area contributed by atoms with Crippen molar-refractivity contribution < 1.29 is 24.0 Å². The van der Waals surface area contributed by atoms with Crippen LogP contribution in [0, 0.1) is 0 Å². The van der Waals surface area contributed by atoms with Crippen LogP contribution < -0.4 is 4.74 Å². The largest absolute Gasteiger partial charge is 0.489 e. The maximum atomic E-state index is 12.9. The number of amidine groups is 1. The highest BCUT2D eigenvalue weighted by molar-refractivity contribution is 6.32. The topological polar surface area (TPSA) is 88.7 Å². The quantitative estimate of drug-likeness (QED) is 0.646. The van der Waals surface area contributed by atoms with E-state index in [1.54, 1.807) is 36.2 Å². The van der Waals surface area contributed by atoms with Gasteiger partial charge in [-0.3, -0.25) is 19.2 Å². The minimum atomic E-state index is -0.914. The standard InChI is InChI=1S/C20H27ClN5O4/c1-5-25(6-2)19-22-17-16(18(28)24(4)20(29)23(17)3)26(19)11-13(27)12-30-15-10-8-7-9-14(15)21/h7-10,13,16,27H,5-6,11-12H2,1-4H3/q+1. The SMILES string of the molecule is CC[N+](CC)=C1N=C2C(C(=O)N(C)C(=O)N2C)N1CC(O)COc1ccccc1Cl. The number of hydrogen-bond donors (Lipinski definition) is 1. The Morgan fingerprint density at radius 3 is 2.50 bits per heavy atom. The van der Waals surface area contributed by atoms with Crippen molar-refractivity contribution in [3.05, 3.63) is 29.3 Å². The molecule has 30 heavy (non-hydrogen) atoms. The molecule has 9 nitrogen and oxygen atoms in total. The Balaban J connectivity index is 1.85. The Morgan fingerprint density at radius 1 is 1.20 bits per heavy atom. The summed E-state index contributed by atoms with van der Waals surface area (Å²) in [6.07, 6.45) is -0.914. The van der Waals surface area contributed by atoms with Crippen LogP contribution >= 0.6 is 11.6 Å². The van der Waals surface area contributed by atoms with Gasteiger partial charge in [-0.15, -0.1) is 0 Å². The van der Waals surface area contributed by atoms with Gasteiger partial charge >= 0.3 is 12.0 Å². The minimum Gasteiger partial charge on any atom is -0.489 e. The molecule has 10 heteroatoms. The van der Waals surface area contributed by atoms with Crippen LogP contribution in [0.5, 0.6) is 5.75 Å². The van der Waals surface area contributed by atoms with E-state index in [1.807, 2.05) is 18.4 Å². The van der Waals surface area contributed by atoms with Crippen molar-refractivity contribution in [2.24, 2.45) is 4.99 Å². The second-order valence-corrected chi connectivity index (χ2v) is 7.54. The van der Waals surface area contributed by atoms with Gasteiger partial charge in [-0.25, -0.2) is 9.69 Å². The summed E-state index contributed by atoms with van der Waals surface area (Å²) >= 11 is 6.10. The third-order valence-corrected chi connectivity index (χ3v) is 5.54. The van der Waals surface area contributed by atoms with Gasteiger partial charge in [-0.1, -0.05) is 28.7 Å². The number of ether oxygens (including phenoxy) is 1. The number of aliphatic imine (C=N–C) groups is 1. The van der Waals surface area contributed by atoms with Gasteiger partial charge in [0.15, 0.2) is 0 Å². The molecule has 0 saturated carbocycles. The molecule has 3 amide bonds. The maximum absolute atomic E-state index is 12.9. The number of carbonyl (C=O) groups is 2. The lowest BCUT2D eigenvalue weighted by Gasteiger charge is -2.33. The summed E-state index contributed by atoms with van der Waals surface area (Å²) in [6.45, 7) is 5.40. The predicted octanol–water partition coefficient (Wildman–Crippen LogP) is 1.09. The zero-order valence-corrected chi connectivity index (χ0v) is 18.3. The van der Waals surface area contributed by atoms with Crippen molar-refractivity contribution in [2.45, 2.75) is 26.0 Å². The van der Waals surface area contributed by atoms with Crippen LogP contribution in [0.1, 0.15) is 13.8 Å². The summed E-state index contributed by atoms with van der Waals surface area (Å²) < 4.78 is 7.64. The molecule has 2 heterocycles. The van der Waals surface area contributed by atoms with Crippen LogP contribution in [-0.4, -0.2) is 101 Å². The highest BCUT2D eigenvalue weighted by Gasteiger charge is 2.55.